The van der Waals surface area contributed by atoms with E-state index in [-0.39, 0.29) is 5.91 Å². The monoisotopic (exact) mass is 314 g/mol. The third-order valence-electron chi connectivity index (χ3n) is 3.50. The number of amides is 1. The van der Waals surface area contributed by atoms with Crippen molar-refractivity contribution < 1.29 is 9.21 Å². The Morgan fingerprint density at radius 2 is 2.17 bits per heavy atom. The molecule has 0 radical (unpaired) electrons. The number of nitrogens with zero attached hydrogens (tertiary/aromatic N) is 2. The van der Waals surface area contributed by atoms with Crippen LogP contribution < -0.4 is 0 Å². The molecule has 2 rings (SSSR count). The predicted octanol–water partition coefficient (Wildman–Crippen LogP) is 2.46. The molecular formula is C13H19BrN2O2. The van der Waals surface area contributed by atoms with E-state index in [1.165, 1.54) is 0 Å². The fraction of sp³-hybridized carbons (Fsp3) is 0.615. The summed E-state index contributed by atoms with van der Waals surface area (Å²) in [5.41, 5.74) is 0. The minimum atomic E-state index is -0.0420. The van der Waals surface area contributed by atoms with Crippen molar-refractivity contribution in [3.63, 3.8) is 0 Å². The second-order valence-electron chi connectivity index (χ2n) is 5.04. The van der Waals surface area contributed by atoms with Crippen LogP contribution >= 0.6 is 15.9 Å². The van der Waals surface area contributed by atoms with E-state index in [2.05, 4.69) is 27.9 Å². The van der Waals surface area contributed by atoms with Gasteiger partial charge < -0.3 is 14.2 Å². The van der Waals surface area contributed by atoms with Crippen LogP contribution in [-0.4, -0.2) is 49.4 Å². The van der Waals surface area contributed by atoms with Gasteiger partial charge in [0.15, 0.2) is 10.4 Å². The van der Waals surface area contributed by atoms with Crippen molar-refractivity contribution in [1.29, 1.82) is 0 Å². The van der Waals surface area contributed by atoms with Crippen molar-refractivity contribution in [2.75, 3.05) is 33.7 Å². The number of furan rings is 1. The van der Waals surface area contributed by atoms with Gasteiger partial charge >= 0.3 is 0 Å². The standard InChI is InChI=1S/C13H19BrN2O2/c1-15-7-5-10(6-8-15)9-16(2)13(17)11-3-4-12(14)18-11/h3-4,10H,5-9H2,1-2H3. The van der Waals surface area contributed by atoms with Crippen molar-refractivity contribution in [3.05, 3.63) is 22.6 Å². The molecular weight excluding hydrogens is 296 g/mol. The van der Waals surface area contributed by atoms with Crippen LogP contribution in [0, 0.1) is 5.92 Å². The second kappa shape index (κ2) is 5.89. The van der Waals surface area contributed by atoms with Crippen molar-refractivity contribution in [2.24, 2.45) is 5.92 Å². The first kappa shape index (κ1) is 13.6. The molecule has 0 saturated carbocycles. The molecule has 0 aliphatic carbocycles. The molecule has 18 heavy (non-hydrogen) atoms. The lowest BCUT2D eigenvalue weighted by molar-refractivity contribution is 0.0714. The van der Waals surface area contributed by atoms with Gasteiger partial charge in [-0.05, 0) is 67.0 Å². The molecule has 1 aromatic heterocycles. The number of hydrogen-bond acceptors (Lipinski definition) is 3. The predicted molar refractivity (Wildman–Crippen MR) is 73.6 cm³/mol. The summed E-state index contributed by atoms with van der Waals surface area (Å²) in [6.45, 7) is 3.06. The summed E-state index contributed by atoms with van der Waals surface area (Å²) in [5.74, 6) is 0.963. The zero-order chi connectivity index (χ0) is 13.1. The molecule has 4 nitrogen and oxygen atoms in total. The lowest BCUT2D eigenvalue weighted by Crippen LogP contribution is -2.37. The summed E-state index contributed by atoms with van der Waals surface area (Å²) in [6.07, 6.45) is 2.33. The van der Waals surface area contributed by atoms with Crippen LogP contribution in [0.3, 0.4) is 0 Å². The van der Waals surface area contributed by atoms with Gasteiger partial charge in [0.1, 0.15) is 0 Å². The summed E-state index contributed by atoms with van der Waals surface area (Å²) in [5, 5.41) is 0. The van der Waals surface area contributed by atoms with E-state index in [4.69, 9.17) is 4.42 Å². The van der Waals surface area contributed by atoms with Gasteiger partial charge in [-0.2, -0.15) is 0 Å². The van der Waals surface area contributed by atoms with Crippen LogP contribution in [0.15, 0.2) is 21.2 Å². The molecule has 2 heterocycles. The fourth-order valence-corrected chi connectivity index (χ4v) is 2.64. The van der Waals surface area contributed by atoms with Gasteiger partial charge in [-0.1, -0.05) is 0 Å². The maximum atomic E-state index is 12.1. The van der Waals surface area contributed by atoms with Gasteiger partial charge in [-0.25, -0.2) is 0 Å². The van der Waals surface area contributed by atoms with E-state index in [9.17, 15) is 4.79 Å². The highest BCUT2D eigenvalue weighted by Gasteiger charge is 2.22. The van der Waals surface area contributed by atoms with E-state index in [1.54, 1.807) is 17.0 Å². The molecule has 0 bridgehead atoms. The quantitative estimate of drug-likeness (QED) is 0.860. The summed E-state index contributed by atoms with van der Waals surface area (Å²) in [7, 11) is 3.99. The van der Waals surface area contributed by atoms with Gasteiger partial charge in [0, 0.05) is 13.6 Å². The smallest absolute Gasteiger partial charge is 0.289 e. The molecule has 1 amide bonds. The molecule has 1 fully saturated rings. The maximum Gasteiger partial charge on any atom is 0.289 e. The summed E-state index contributed by atoms with van der Waals surface area (Å²) < 4.78 is 5.89. The maximum absolute atomic E-state index is 12.1. The first-order chi connectivity index (χ1) is 8.56. The van der Waals surface area contributed by atoms with E-state index in [0.717, 1.165) is 32.5 Å². The first-order valence-corrected chi connectivity index (χ1v) is 7.05. The number of rotatable bonds is 3. The Hall–Kier alpha value is -0.810. The highest BCUT2D eigenvalue weighted by Crippen LogP contribution is 2.19. The SMILES string of the molecule is CN1CCC(CN(C)C(=O)c2ccc(Br)o2)CC1. The first-order valence-electron chi connectivity index (χ1n) is 6.25. The zero-order valence-corrected chi connectivity index (χ0v) is 12.4. The highest BCUT2D eigenvalue weighted by molar-refractivity contribution is 9.10. The summed E-state index contributed by atoms with van der Waals surface area (Å²) in [4.78, 5) is 16.2. The Bertz CT molecular complexity index is 411. The molecule has 1 saturated heterocycles. The Kier molecular flexibility index (Phi) is 4.45. The Balaban J connectivity index is 1.88. The van der Waals surface area contributed by atoms with Crippen molar-refractivity contribution in [1.82, 2.24) is 9.80 Å². The van der Waals surface area contributed by atoms with Gasteiger partial charge in [-0.3, -0.25) is 4.79 Å². The topological polar surface area (TPSA) is 36.7 Å². The average Bonchev–Trinajstić information content (AvgIpc) is 2.78. The molecule has 0 N–H and O–H groups in total. The van der Waals surface area contributed by atoms with Crippen molar-refractivity contribution >= 4 is 21.8 Å². The molecule has 0 atom stereocenters. The van der Waals surface area contributed by atoms with Crippen LogP contribution in [0.4, 0.5) is 0 Å². The molecule has 1 aliphatic rings. The normalized spacial score (nSPS) is 17.9. The van der Waals surface area contributed by atoms with E-state index >= 15 is 0 Å². The van der Waals surface area contributed by atoms with Crippen molar-refractivity contribution in [3.8, 4) is 0 Å². The number of carbonyl (C=O) groups is 1. The minimum Gasteiger partial charge on any atom is -0.444 e. The van der Waals surface area contributed by atoms with E-state index in [1.807, 2.05) is 7.05 Å². The number of piperidine rings is 1. The number of hydrogen-bond donors (Lipinski definition) is 0. The Morgan fingerprint density at radius 3 is 2.72 bits per heavy atom. The second-order valence-corrected chi connectivity index (χ2v) is 5.82. The molecule has 0 aromatic carbocycles. The molecule has 0 spiro atoms. The molecule has 5 heteroatoms. The number of halogens is 1. The van der Waals surface area contributed by atoms with Crippen LogP contribution in [0.2, 0.25) is 0 Å². The van der Waals surface area contributed by atoms with Gasteiger partial charge in [-0.15, -0.1) is 0 Å². The van der Waals surface area contributed by atoms with Gasteiger partial charge in [0.05, 0.1) is 0 Å². The van der Waals surface area contributed by atoms with Gasteiger partial charge in [0.25, 0.3) is 5.91 Å². The molecule has 100 valence electrons. The van der Waals surface area contributed by atoms with E-state index < -0.39 is 0 Å². The average molecular weight is 315 g/mol. The van der Waals surface area contributed by atoms with E-state index in [0.29, 0.717) is 16.3 Å². The summed E-state index contributed by atoms with van der Waals surface area (Å²) in [6, 6.07) is 3.45. The molecule has 1 aliphatic heterocycles. The number of carbonyl (C=O) groups excluding carboxylic acids is 1. The third kappa shape index (κ3) is 3.36. The minimum absolute atomic E-state index is 0.0420. The van der Waals surface area contributed by atoms with Gasteiger partial charge in [0.2, 0.25) is 0 Å². The summed E-state index contributed by atoms with van der Waals surface area (Å²) >= 11 is 3.21. The highest BCUT2D eigenvalue weighted by atomic mass is 79.9. The van der Waals surface area contributed by atoms with Crippen LogP contribution in [0.1, 0.15) is 23.4 Å². The van der Waals surface area contributed by atoms with Crippen LogP contribution in [0.5, 0.6) is 0 Å². The van der Waals surface area contributed by atoms with Crippen LogP contribution in [0.25, 0.3) is 0 Å². The molecule has 1 aromatic rings. The lowest BCUT2D eigenvalue weighted by Gasteiger charge is -2.31. The Morgan fingerprint density at radius 1 is 1.50 bits per heavy atom. The van der Waals surface area contributed by atoms with Crippen LogP contribution in [-0.2, 0) is 0 Å². The lowest BCUT2D eigenvalue weighted by atomic mass is 9.96. The fourth-order valence-electron chi connectivity index (χ4n) is 2.33. The molecule has 0 unspecified atom stereocenters. The zero-order valence-electron chi connectivity index (χ0n) is 10.9. The van der Waals surface area contributed by atoms with Crippen molar-refractivity contribution in [2.45, 2.75) is 12.8 Å². The largest absolute Gasteiger partial charge is 0.444 e. The Labute approximate surface area is 116 Å². The number of likely N-dealkylation sites (tertiary alicyclic amines) is 1. The third-order valence-corrected chi connectivity index (χ3v) is 3.93.